The number of thiazole rings is 1. The lowest BCUT2D eigenvalue weighted by atomic mass is 9.74. The van der Waals surface area contributed by atoms with Crippen molar-refractivity contribution in [1.82, 2.24) is 20.2 Å². The highest BCUT2D eigenvalue weighted by Gasteiger charge is 2.49. The van der Waals surface area contributed by atoms with Crippen LogP contribution in [0.1, 0.15) is 10.4 Å². The van der Waals surface area contributed by atoms with Gasteiger partial charge in [0.1, 0.15) is 11.6 Å². The number of hydrogen-bond donors (Lipinski definition) is 2. The highest BCUT2D eigenvalue weighted by atomic mass is 32.1. The van der Waals surface area contributed by atoms with Crippen molar-refractivity contribution >= 4 is 49.7 Å². The molecular formula is C28H21F2N5OS. The highest BCUT2D eigenvalue weighted by molar-refractivity contribution is 7.16. The van der Waals surface area contributed by atoms with E-state index in [9.17, 15) is 4.79 Å². The predicted octanol–water partition coefficient (Wildman–Crippen LogP) is 5.58. The second kappa shape index (κ2) is 8.29. The Morgan fingerprint density at radius 3 is 2.54 bits per heavy atom. The van der Waals surface area contributed by atoms with Crippen molar-refractivity contribution in [3.8, 4) is 11.1 Å². The number of halogens is 2. The molecule has 5 aromatic rings. The van der Waals surface area contributed by atoms with E-state index >= 15 is 8.78 Å². The molecule has 3 aromatic carbocycles. The Kier molecular flexibility index (Phi) is 4.99. The zero-order chi connectivity index (χ0) is 25.1. The van der Waals surface area contributed by atoms with Crippen molar-refractivity contribution in [1.29, 1.82) is 0 Å². The molecule has 0 unspecified atom stereocenters. The first kappa shape index (κ1) is 22.3. The Morgan fingerprint density at radius 2 is 1.78 bits per heavy atom. The van der Waals surface area contributed by atoms with Gasteiger partial charge in [-0.05, 0) is 48.0 Å². The van der Waals surface area contributed by atoms with Crippen molar-refractivity contribution in [2.45, 2.75) is 0 Å². The highest BCUT2D eigenvalue weighted by Crippen LogP contribution is 2.36. The molecule has 2 aliphatic heterocycles. The van der Waals surface area contributed by atoms with Crippen molar-refractivity contribution in [2.75, 3.05) is 31.5 Å². The maximum atomic E-state index is 15.2. The minimum absolute atomic E-state index is 0.0309. The molecule has 1 amide bonds. The standard InChI is InChI=1S/C28H21F2N5OS/c29-20-7-17(27(36)35-13-28(14-35)11-31-12-28)8-21(30)26(20)16-1-3-19-22(5-6-32-23(19)9-16)34-18-2-4-25-24(10-18)33-15-37-25/h1-10,15,31H,11-14H2,(H,32,34). The van der Waals surface area contributed by atoms with Gasteiger partial charge in [-0.15, -0.1) is 11.3 Å². The van der Waals surface area contributed by atoms with Gasteiger partial charge in [0.15, 0.2) is 0 Å². The average Bonchev–Trinajstić information content (AvgIpc) is 3.30. The molecule has 4 heterocycles. The van der Waals surface area contributed by atoms with Crippen LogP contribution in [-0.4, -0.2) is 47.0 Å². The van der Waals surface area contributed by atoms with Crippen molar-refractivity contribution in [3.05, 3.63) is 83.5 Å². The number of pyridine rings is 1. The molecule has 0 bridgehead atoms. The Bertz CT molecular complexity index is 1680. The number of fused-ring (bicyclic) bond motifs is 2. The third-order valence-corrected chi connectivity index (χ3v) is 8.08. The number of nitrogens with zero attached hydrogens (tertiary/aromatic N) is 3. The van der Waals surface area contributed by atoms with Crippen LogP contribution in [0.25, 0.3) is 32.2 Å². The van der Waals surface area contributed by atoms with Gasteiger partial charge in [-0.3, -0.25) is 9.78 Å². The maximum Gasteiger partial charge on any atom is 0.254 e. The summed E-state index contributed by atoms with van der Waals surface area (Å²) in [6.45, 7) is 3.00. The van der Waals surface area contributed by atoms with E-state index in [4.69, 9.17) is 0 Å². The summed E-state index contributed by atoms with van der Waals surface area (Å²) in [5.74, 6) is -1.88. The molecule has 2 aliphatic rings. The maximum absolute atomic E-state index is 15.2. The van der Waals surface area contributed by atoms with E-state index in [1.807, 2.05) is 29.8 Å². The fourth-order valence-electron chi connectivity index (χ4n) is 5.27. The lowest BCUT2D eigenvalue weighted by Crippen LogP contribution is -2.71. The van der Waals surface area contributed by atoms with Crippen LogP contribution in [0, 0.1) is 17.0 Å². The van der Waals surface area contributed by atoms with E-state index in [0.717, 1.165) is 52.2 Å². The minimum Gasteiger partial charge on any atom is -0.355 e. The van der Waals surface area contributed by atoms with E-state index in [0.29, 0.717) is 24.2 Å². The van der Waals surface area contributed by atoms with E-state index in [1.54, 1.807) is 40.6 Å². The lowest BCUT2D eigenvalue weighted by molar-refractivity contribution is -0.0248. The third kappa shape index (κ3) is 3.73. The van der Waals surface area contributed by atoms with Gasteiger partial charge in [0.25, 0.3) is 5.91 Å². The van der Waals surface area contributed by atoms with Gasteiger partial charge < -0.3 is 15.5 Å². The number of anilines is 2. The van der Waals surface area contributed by atoms with Gasteiger partial charge in [0.05, 0.1) is 26.8 Å². The summed E-state index contributed by atoms with van der Waals surface area (Å²) in [5, 5.41) is 7.42. The Morgan fingerprint density at radius 1 is 0.973 bits per heavy atom. The van der Waals surface area contributed by atoms with Crippen LogP contribution < -0.4 is 10.6 Å². The molecule has 7 rings (SSSR count). The van der Waals surface area contributed by atoms with Gasteiger partial charge in [-0.1, -0.05) is 12.1 Å². The first-order valence-corrected chi connectivity index (χ1v) is 12.8. The van der Waals surface area contributed by atoms with Gasteiger partial charge >= 0.3 is 0 Å². The average molecular weight is 514 g/mol. The molecule has 0 aliphatic carbocycles. The first-order chi connectivity index (χ1) is 18.0. The molecule has 1 spiro atoms. The zero-order valence-corrected chi connectivity index (χ0v) is 20.4. The summed E-state index contributed by atoms with van der Waals surface area (Å²) >= 11 is 1.58. The number of amides is 1. The third-order valence-electron chi connectivity index (χ3n) is 7.27. The van der Waals surface area contributed by atoms with Crippen LogP contribution in [0.4, 0.5) is 20.2 Å². The quantitative estimate of drug-likeness (QED) is 0.328. The Hall–Kier alpha value is -3.95. The summed E-state index contributed by atoms with van der Waals surface area (Å²) in [6, 6.07) is 15.2. The summed E-state index contributed by atoms with van der Waals surface area (Å²) < 4.78 is 31.5. The summed E-state index contributed by atoms with van der Waals surface area (Å²) in [4.78, 5) is 23.2. The van der Waals surface area contributed by atoms with Crippen LogP contribution in [0.2, 0.25) is 0 Å². The molecule has 2 fully saturated rings. The van der Waals surface area contributed by atoms with Gasteiger partial charge in [-0.2, -0.15) is 0 Å². The first-order valence-electron chi connectivity index (χ1n) is 12.0. The Labute approximate surface area is 215 Å². The van der Waals surface area contributed by atoms with E-state index < -0.39 is 11.6 Å². The smallest absolute Gasteiger partial charge is 0.254 e. The van der Waals surface area contributed by atoms with Gasteiger partial charge in [0, 0.05) is 60.1 Å². The van der Waals surface area contributed by atoms with E-state index in [-0.39, 0.29) is 22.4 Å². The number of benzene rings is 3. The second-order valence-corrected chi connectivity index (χ2v) is 10.7. The fraction of sp³-hybridized carbons (Fsp3) is 0.179. The second-order valence-electron chi connectivity index (χ2n) is 9.83. The molecule has 0 atom stereocenters. The molecule has 2 aromatic heterocycles. The van der Waals surface area contributed by atoms with Crippen LogP contribution in [0.5, 0.6) is 0 Å². The molecule has 184 valence electrons. The van der Waals surface area contributed by atoms with Crippen molar-refractivity contribution in [2.24, 2.45) is 5.41 Å². The van der Waals surface area contributed by atoms with Crippen LogP contribution in [0.15, 0.2) is 66.3 Å². The molecule has 9 heteroatoms. The summed E-state index contributed by atoms with van der Waals surface area (Å²) in [7, 11) is 0. The monoisotopic (exact) mass is 513 g/mol. The summed E-state index contributed by atoms with van der Waals surface area (Å²) in [5.41, 5.74) is 5.39. The normalized spacial score (nSPS) is 16.1. The van der Waals surface area contributed by atoms with Gasteiger partial charge in [0.2, 0.25) is 0 Å². The number of rotatable bonds is 4. The summed E-state index contributed by atoms with van der Waals surface area (Å²) in [6.07, 6.45) is 1.65. The molecule has 6 nitrogen and oxygen atoms in total. The van der Waals surface area contributed by atoms with Gasteiger partial charge in [-0.25, -0.2) is 13.8 Å². The van der Waals surface area contributed by atoms with Crippen molar-refractivity contribution < 1.29 is 13.6 Å². The topological polar surface area (TPSA) is 70.2 Å². The number of carbonyl (C=O) groups excluding carboxylic acids is 1. The zero-order valence-electron chi connectivity index (χ0n) is 19.6. The molecular weight excluding hydrogens is 492 g/mol. The fourth-order valence-corrected chi connectivity index (χ4v) is 5.93. The lowest BCUT2D eigenvalue weighted by Gasteiger charge is -2.56. The van der Waals surface area contributed by atoms with Crippen LogP contribution >= 0.6 is 11.3 Å². The Balaban J connectivity index is 1.18. The molecule has 37 heavy (non-hydrogen) atoms. The van der Waals surface area contributed by atoms with Crippen LogP contribution in [0.3, 0.4) is 0 Å². The van der Waals surface area contributed by atoms with Crippen molar-refractivity contribution in [3.63, 3.8) is 0 Å². The van der Waals surface area contributed by atoms with E-state index in [1.165, 1.54) is 0 Å². The largest absolute Gasteiger partial charge is 0.355 e. The number of aromatic nitrogens is 2. The molecule has 0 saturated carbocycles. The molecule has 0 radical (unpaired) electrons. The predicted molar refractivity (Wildman–Crippen MR) is 141 cm³/mol. The number of hydrogen-bond acceptors (Lipinski definition) is 6. The van der Waals surface area contributed by atoms with E-state index in [2.05, 4.69) is 20.6 Å². The minimum atomic E-state index is -0.769. The SMILES string of the molecule is O=C(c1cc(F)c(-c2ccc3c(Nc4ccc5scnc5c4)ccnc3c2)c(F)c1)N1CC2(CNC2)C1. The number of nitrogens with one attached hydrogen (secondary N) is 2. The number of likely N-dealkylation sites (tertiary alicyclic amines) is 1. The van der Waals surface area contributed by atoms with Crippen LogP contribution in [-0.2, 0) is 0 Å². The molecule has 2 N–H and O–H groups in total. The molecule has 2 saturated heterocycles. The number of carbonyl (C=O) groups is 1.